The van der Waals surface area contributed by atoms with Crippen molar-refractivity contribution < 1.29 is 19.7 Å². The number of aliphatic hydroxyl groups is 2. The molecule has 0 aromatic heterocycles. The smallest absolute Gasteiger partial charge is 0.100 e. The van der Waals surface area contributed by atoms with Crippen molar-refractivity contribution in [2.24, 2.45) is 0 Å². The normalized spacial score (nSPS) is 27.7. The molecule has 0 amide bonds. The Bertz CT molecular complexity index is 195. The van der Waals surface area contributed by atoms with Crippen molar-refractivity contribution in [2.75, 3.05) is 26.4 Å². The molecule has 1 aliphatic rings. The van der Waals surface area contributed by atoms with Crippen LogP contribution in [0, 0.1) is 0 Å². The maximum atomic E-state index is 9.07. The van der Waals surface area contributed by atoms with Gasteiger partial charge in [-0.25, -0.2) is 0 Å². The van der Waals surface area contributed by atoms with E-state index in [0.717, 1.165) is 13.0 Å². The molecule has 1 fully saturated rings. The molecule has 0 aliphatic carbocycles. The lowest BCUT2D eigenvalue weighted by molar-refractivity contribution is -0.00809. The van der Waals surface area contributed by atoms with Crippen LogP contribution < -0.4 is 0 Å². The Morgan fingerprint density at radius 3 is 2.94 bits per heavy atom. The van der Waals surface area contributed by atoms with Gasteiger partial charge >= 0.3 is 0 Å². The summed E-state index contributed by atoms with van der Waals surface area (Å²) in [4.78, 5) is 0. The predicted octanol–water partition coefficient (Wildman–Crippen LogP) is 0.250. The van der Waals surface area contributed by atoms with Crippen LogP contribution in [0.15, 0.2) is 0 Å². The van der Waals surface area contributed by atoms with Crippen molar-refractivity contribution >= 4 is 9.52 Å². The molecule has 0 saturated carbocycles. The second-order valence-electron chi connectivity index (χ2n) is 5.12. The molecule has 0 aromatic rings. The molecule has 5 heteroatoms. The van der Waals surface area contributed by atoms with Crippen LogP contribution in [0.5, 0.6) is 0 Å². The van der Waals surface area contributed by atoms with Crippen molar-refractivity contribution in [2.45, 2.75) is 50.0 Å². The molecule has 1 saturated heterocycles. The highest BCUT2D eigenvalue weighted by Crippen LogP contribution is 2.24. The van der Waals surface area contributed by atoms with Crippen molar-refractivity contribution in [3.05, 3.63) is 0 Å². The Kier molecular flexibility index (Phi) is 7.30. The Balaban J connectivity index is 1.96. The Labute approximate surface area is 106 Å². The molecule has 0 bridgehead atoms. The van der Waals surface area contributed by atoms with Gasteiger partial charge in [-0.2, -0.15) is 0 Å². The van der Waals surface area contributed by atoms with Crippen LogP contribution in [-0.2, 0) is 9.47 Å². The third-order valence-electron chi connectivity index (χ3n) is 3.32. The SMILES string of the molecule is CC1([SiH2]CCCOCC(O)CO)CCCCO1. The summed E-state index contributed by atoms with van der Waals surface area (Å²) < 4.78 is 11.2. The van der Waals surface area contributed by atoms with E-state index in [-0.39, 0.29) is 28.0 Å². The van der Waals surface area contributed by atoms with Crippen LogP contribution >= 0.6 is 0 Å². The first-order chi connectivity index (χ1) is 8.16. The average Bonchev–Trinajstić information content (AvgIpc) is 2.34. The maximum absolute atomic E-state index is 9.07. The molecule has 0 spiro atoms. The molecule has 1 heterocycles. The van der Waals surface area contributed by atoms with Gasteiger partial charge in [-0.3, -0.25) is 0 Å². The van der Waals surface area contributed by atoms with Gasteiger partial charge in [0.15, 0.2) is 0 Å². The van der Waals surface area contributed by atoms with E-state index in [2.05, 4.69) is 6.92 Å². The summed E-state index contributed by atoms with van der Waals surface area (Å²) in [5.41, 5.74) is 0. The topological polar surface area (TPSA) is 58.9 Å². The summed E-state index contributed by atoms with van der Waals surface area (Å²) >= 11 is 0. The van der Waals surface area contributed by atoms with Gasteiger partial charge in [0.05, 0.1) is 22.7 Å². The lowest BCUT2D eigenvalue weighted by atomic mass is 10.1. The first kappa shape index (κ1) is 15.1. The fourth-order valence-electron chi connectivity index (χ4n) is 2.16. The van der Waals surface area contributed by atoms with Gasteiger partial charge in [0, 0.05) is 18.4 Å². The lowest BCUT2D eigenvalue weighted by Gasteiger charge is -2.33. The molecule has 2 unspecified atom stereocenters. The highest BCUT2D eigenvalue weighted by Gasteiger charge is 2.27. The molecule has 1 rings (SSSR count). The summed E-state index contributed by atoms with van der Waals surface area (Å²) in [5, 5.41) is 17.9. The van der Waals surface area contributed by atoms with Gasteiger partial charge in [-0.05, 0) is 32.6 Å². The van der Waals surface area contributed by atoms with Gasteiger partial charge in [-0.1, -0.05) is 6.04 Å². The van der Waals surface area contributed by atoms with Gasteiger partial charge in [0.25, 0.3) is 0 Å². The third-order valence-corrected chi connectivity index (χ3v) is 5.78. The summed E-state index contributed by atoms with van der Waals surface area (Å²) in [7, 11) is -0.198. The van der Waals surface area contributed by atoms with Crippen molar-refractivity contribution in [3.63, 3.8) is 0 Å². The fraction of sp³-hybridized carbons (Fsp3) is 1.00. The van der Waals surface area contributed by atoms with Gasteiger partial charge in [0.2, 0.25) is 0 Å². The predicted molar refractivity (Wildman–Crippen MR) is 70.1 cm³/mol. The van der Waals surface area contributed by atoms with Crippen LogP contribution in [0.25, 0.3) is 0 Å². The van der Waals surface area contributed by atoms with Gasteiger partial charge in [-0.15, -0.1) is 0 Å². The van der Waals surface area contributed by atoms with E-state index in [1.165, 1.54) is 25.3 Å². The highest BCUT2D eigenvalue weighted by molar-refractivity contribution is 6.39. The van der Waals surface area contributed by atoms with Crippen LogP contribution in [0.2, 0.25) is 6.04 Å². The van der Waals surface area contributed by atoms with Crippen molar-refractivity contribution in [1.29, 1.82) is 0 Å². The van der Waals surface area contributed by atoms with E-state index < -0.39 is 6.10 Å². The Hall–Kier alpha value is 0.0569. The minimum absolute atomic E-state index is 0.198. The van der Waals surface area contributed by atoms with E-state index in [9.17, 15) is 0 Å². The van der Waals surface area contributed by atoms with E-state index in [0.29, 0.717) is 6.61 Å². The molecule has 2 N–H and O–H groups in total. The third kappa shape index (κ3) is 6.52. The van der Waals surface area contributed by atoms with Crippen LogP contribution in [-0.4, -0.2) is 57.5 Å². The van der Waals surface area contributed by atoms with E-state index in [4.69, 9.17) is 19.7 Å². The van der Waals surface area contributed by atoms with Crippen LogP contribution in [0.1, 0.15) is 32.6 Å². The zero-order valence-electron chi connectivity index (χ0n) is 10.9. The maximum Gasteiger partial charge on any atom is 0.100 e. The molecule has 102 valence electrons. The van der Waals surface area contributed by atoms with Crippen LogP contribution in [0.4, 0.5) is 0 Å². The van der Waals surface area contributed by atoms with E-state index in [1.54, 1.807) is 0 Å². The summed E-state index contributed by atoms with van der Waals surface area (Å²) in [6.07, 6.45) is 4.06. The Morgan fingerprint density at radius 2 is 2.29 bits per heavy atom. The van der Waals surface area contributed by atoms with Gasteiger partial charge < -0.3 is 19.7 Å². The summed E-state index contributed by atoms with van der Waals surface area (Å²) in [6.45, 7) is 3.89. The first-order valence-corrected chi connectivity index (χ1v) is 8.38. The minimum atomic E-state index is -0.730. The zero-order chi connectivity index (χ0) is 12.6. The summed E-state index contributed by atoms with van der Waals surface area (Å²) in [5.74, 6) is 0. The van der Waals surface area contributed by atoms with Crippen molar-refractivity contribution in [3.8, 4) is 0 Å². The van der Waals surface area contributed by atoms with Gasteiger partial charge in [0.1, 0.15) is 6.10 Å². The summed E-state index contributed by atoms with van der Waals surface area (Å²) in [6, 6.07) is 1.23. The standard InChI is InChI=1S/C12H26O4Si/c1-12(5-2-3-7-16-12)17-8-4-6-15-10-11(14)9-13/h11,13-14H,2-10,17H2,1H3. The average molecular weight is 262 g/mol. The molecular weight excluding hydrogens is 236 g/mol. The largest absolute Gasteiger partial charge is 0.394 e. The minimum Gasteiger partial charge on any atom is -0.394 e. The lowest BCUT2D eigenvalue weighted by Crippen LogP contribution is -2.39. The Morgan fingerprint density at radius 1 is 1.47 bits per heavy atom. The molecule has 1 aliphatic heterocycles. The second-order valence-corrected chi connectivity index (χ2v) is 7.83. The number of hydrogen-bond donors (Lipinski definition) is 2. The van der Waals surface area contributed by atoms with E-state index >= 15 is 0 Å². The number of ether oxygens (including phenoxy) is 2. The molecule has 0 radical (unpaired) electrons. The fourth-order valence-corrected chi connectivity index (χ4v) is 4.15. The molecular formula is C12H26O4Si. The van der Waals surface area contributed by atoms with E-state index in [1.807, 2.05) is 0 Å². The molecule has 17 heavy (non-hydrogen) atoms. The number of hydrogen-bond acceptors (Lipinski definition) is 4. The molecule has 4 nitrogen and oxygen atoms in total. The number of aliphatic hydroxyl groups excluding tert-OH is 2. The van der Waals surface area contributed by atoms with Crippen LogP contribution in [0.3, 0.4) is 0 Å². The first-order valence-electron chi connectivity index (χ1n) is 6.67. The van der Waals surface area contributed by atoms with Crippen molar-refractivity contribution in [1.82, 2.24) is 0 Å². The highest BCUT2D eigenvalue weighted by atomic mass is 28.2. The monoisotopic (exact) mass is 262 g/mol. The molecule has 2 atom stereocenters. The molecule has 0 aromatic carbocycles. The second kappa shape index (κ2) is 8.21. The quantitative estimate of drug-likeness (QED) is 0.486. The number of rotatable bonds is 8. The zero-order valence-corrected chi connectivity index (χ0v) is 12.3.